The average molecular weight is 611 g/mol. The third-order valence-corrected chi connectivity index (χ3v) is 8.83. The van der Waals surface area contributed by atoms with Crippen LogP contribution in [0.25, 0.3) is 0 Å². The molecule has 0 radical (unpaired) electrons. The van der Waals surface area contributed by atoms with Crippen molar-refractivity contribution in [2.75, 3.05) is 13.7 Å². The first kappa shape index (κ1) is 31.0. The van der Waals surface area contributed by atoms with Gasteiger partial charge in [0.1, 0.15) is 17.6 Å². The molecule has 0 bridgehead atoms. The van der Waals surface area contributed by atoms with Gasteiger partial charge in [0.15, 0.2) is 0 Å². The Kier molecular flexibility index (Phi) is 9.70. The van der Waals surface area contributed by atoms with E-state index in [-0.39, 0.29) is 30.6 Å². The number of carbonyl (C=O) groups is 2. The van der Waals surface area contributed by atoms with Crippen molar-refractivity contribution in [3.8, 4) is 0 Å². The highest BCUT2D eigenvalue weighted by molar-refractivity contribution is 5.89. The summed E-state index contributed by atoms with van der Waals surface area (Å²) in [6, 6.07) is 46.8. The first-order valence-electron chi connectivity index (χ1n) is 15.8. The second kappa shape index (κ2) is 14.4. The topological polar surface area (TPSA) is 61.8 Å². The fourth-order valence-electron chi connectivity index (χ4n) is 6.28. The maximum absolute atomic E-state index is 12.8. The van der Waals surface area contributed by atoms with Gasteiger partial charge in [0, 0.05) is 0 Å². The molecule has 2 atom stereocenters. The number of esters is 2. The third-order valence-electron chi connectivity index (χ3n) is 8.83. The molecular formula is C41H38O5. The highest BCUT2D eigenvalue weighted by atomic mass is 16.6. The number of rotatable bonds is 13. The fourth-order valence-corrected chi connectivity index (χ4v) is 6.28. The van der Waals surface area contributed by atoms with E-state index in [0.717, 1.165) is 42.4 Å². The Morgan fingerprint density at radius 1 is 0.652 bits per heavy atom. The molecule has 1 saturated heterocycles. The molecule has 5 heteroatoms. The van der Waals surface area contributed by atoms with E-state index in [9.17, 15) is 9.59 Å². The van der Waals surface area contributed by atoms with Crippen LogP contribution in [0.2, 0.25) is 0 Å². The van der Waals surface area contributed by atoms with Crippen molar-refractivity contribution in [3.05, 3.63) is 178 Å². The Labute approximate surface area is 270 Å². The lowest BCUT2D eigenvalue weighted by Gasteiger charge is -2.40. The van der Waals surface area contributed by atoms with Crippen LogP contribution in [0.4, 0.5) is 0 Å². The molecule has 1 fully saturated rings. The first-order chi connectivity index (χ1) is 22.6. The smallest absolute Gasteiger partial charge is 0.337 e. The SMILES string of the molecule is COC(=O)c1ccc(CCc2cccc(CC[C@H]3OC(=O)[C@@H]3COC(c3ccccc3)(c3ccccc3)c3ccccc3)c2)cc1. The summed E-state index contributed by atoms with van der Waals surface area (Å²) in [5, 5.41) is 0. The quantitative estimate of drug-likeness (QED) is 0.101. The molecule has 0 aliphatic carbocycles. The van der Waals surface area contributed by atoms with E-state index in [1.54, 1.807) is 12.1 Å². The largest absolute Gasteiger partial charge is 0.465 e. The van der Waals surface area contributed by atoms with E-state index in [4.69, 9.17) is 14.2 Å². The van der Waals surface area contributed by atoms with Crippen LogP contribution in [0.1, 0.15) is 50.2 Å². The van der Waals surface area contributed by atoms with Gasteiger partial charge in [-0.3, -0.25) is 4.79 Å². The van der Waals surface area contributed by atoms with E-state index >= 15 is 0 Å². The predicted octanol–water partition coefficient (Wildman–Crippen LogP) is 7.74. The van der Waals surface area contributed by atoms with Crippen LogP contribution < -0.4 is 0 Å². The van der Waals surface area contributed by atoms with Crippen molar-refractivity contribution in [2.45, 2.75) is 37.4 Å². The summed E-state index contributed by atoms with van der Waals surface area (Å²) in [6.45, 7) is 0.247. The minimum absolute atomic E-state index is 0.204. The zero-order valence-corrected chi connectivity index (χ0v) is 26.0. The molecule has 0 unspecified atom stereocenters. The Bertz CT molecular complexity index is 1640. The summed E-state index contributed by atoms with van der Waals surface area (Å²) in [5.74, 6) is -0.875. The van der Waals surface area contributed by atoms with Gasteiger partial charge in [-0.2, -0.15) is 0 Å². The van der Waals surface area contributed by atoms with Crippen molar-refractivity contribution in [2.24, 2.45) is 5.92 Å². The number of methoxy groups -OCH3 is 1. The van der Waals surface area contributed by atoms with Crippen LogP contribution in [0, 0.1) is 5.92 Å². The maximum Gasteiger partial charge on any atom is 0.337 e. The summed E-state index contributed by atoms with van der Waals surface area (Å²) in [7, 11) is 1.39. The molecule has 5 aromatic rings. The summed E-state index contributed by atoms with van der Waals surface area (Å²) < 4.78 is 17.4. The van der Waals surface area contributed by atoms with Crippen LogP contribution in [0.5, 0.6) is 0 Å². The molecule has 1 aliphatic heterocycles. The van der Waals surface area contributed by atoms with Crippen molar-refractivity contribution >= 4 is 11.9 Å². The molecule has 0 aromatic heterocycles. The Balaban J connectivity index is 1.13. The third kappa shape index (κ3) is 6.80. The lowest BCUT2D eigenvalue weighted by atomic mass is 9.79. The van der Waals surface area contributed by atoms with E-state index in [1.807, 2.05) is 66.7 Å². The van der Waals surface area contributed by atoms with Crippen LogP contribution in [0.3, 0.4) is 0 Å². The van der Waals surface area contributed by atoms with Gasteiger partial charge in [0.05, 0.1) is 19.3 Å². The number of carbonyl (C=O) groups excluding carboxylic acids is 2. The molecule has 0 amide bonds. The highest BCUT2D eigenvalue weighted by Crippen LogP contribution is 2.42. The highest BCUT2D eigenvalue weighted by Gasteiger charge is 2.45. The van der Waals surface area contributed by atoms with E-state index in [1.165, 1.54) is 23.8 Å². The molecule has 232 valence electrons. The van der Waals surface area contributed by atoms with Crippen molar-refractivity contribution < 1.29 is 23.8 Å². The number of ether oxygens (including phenoxy) is 3. The molecule has 1 aliphatic rings. The van der Waals surface area contributed by atoms with E-state index < -0.39 is 5.60 Å². The van der Waals surface area contributed by atoms with Crippen LogP contribution in [-0.4, -0.2) is 31.8 Å². The minimum atomic E-state index is -0.877. The summed E-state index contributed by atoms with van der Waals surface area (Å²) in [6.07, 6.45) is 3.09. The summed E-state index contributed by atoms with van der Waals surface area (Å²) >= 11 is 0. The van der Waals surface area contributed by atoms with E-state index in [0.29, 0.717) is 5.56 Å². The number of cyclic esters (lactones) is 1. The predicted molar refractivity (Wildman–Crippen MR) is 178 cm³/mol. The lowest BCUT2D eigenvalue weighted by Crippen LogP contribution is -2.49. The van der Waals surface area contributed by atoms with Gasteiger partial charge in [-0.05, 0) is 71.2 Å². The van der Waals surface area contributed by atoms with Crippen molar-refractivity contribution in [1.29, 1.82) is 0 Å². The monoisotopic (exact) mass is 610 g/mol. The van der Waals surface area contributed by atoms with Gasteiger partial charge in [0.25, 0.3) is 0 Å². The van der Waals surface area contributed by atoms with Gasteiger partial charge in [-0.1, -0.05) is 127 Å². The Morgan fingerprint density at radius 2 is 1.17 bits per heavy atom. The normalized spacial score (nSPS) is 15.9. The zero-order valence-electron chi connectivity index (χ0n) is 26.0. The number of aryl methyl sites for hydroxylation is 3. The molecule has 0 spiro atoms. The molecule has 5 nitrogen and oxygen atoms in total. The van der Waals surface area contributed by atoms with Crippen molar-refractivity contribution in [1.82, 2.24) is 0 Å². The average Bonchev–Trinajstić information content (AvgIpc) is 3.12. The molecule has 46 heavy (non-hydrogen) atoms. The van der Waals surface area contributed by atoms with Crippen LogP contribution in [-0.2, 0) is 43.9 Å². The van der Waals surface area contributed by atoms with Crippen molar-refractivity contribution in [3.63, 3.8) is 0 Å². The van der Waals surface area contributed by atoms with Gasteiger partial charge < -0.3 is 14.2 Å². The zero-order chi connectivity index (χ0) is 31.8. The maximum atomic E-state index is 12.8. The second-order valence-corrected chi connectivity index (χ2v) is 11.7. The molecular weight excluding hydrogens is 572 g/mol. The van der Waals surface area contributed by atoms with E-state index in [2.05, 4.69) is 60.7 Å². The first-order valence-corrected chi connectivity index (χ1v) is 15.8. The minimum Gasteiger partial charge on any atom is -0.465 e. The molecule has 6 rings (SSSR count). The lowest BCUT2D eigenvalue weighted by molar-refractivity contribution is -0.194. The summed E-state index contributed by atoms with van der Waals surface area (Å²) in [4.78, 5) is 24.5. The number of hydrogen-bond donors (Lipinski definition) is 0. The van der Waals surface area contributed by atoms with Gasteiger partial charge in [-0.15, -0.1) is 0 Å². The standard InChI is InChI=1S/C41H38O5/c1-44-39(42)33-25-22-30(23-26-33)20-21-31-12-11-13-32(28-31)24-27-38-37(40(43)46-38)29-45-41(34-14-5-2-6-15-34,35-16-7-3-8-17-35)36-18-9-4-10-19-36/h2-19,22-23,25-26,28,37-38H,20-21,24,27,29H2,1H3/t37-,38-/m1/s1. The molecule has 0 N–H and O–H groups in total. The molecule has 1 heterocycles. The Morgan fingerprint density at radius 3 is 1.70 bits per heavy atom. The Hall–Kier alpha value is -5.00. The van der Waals surface area contributed by atoms with Gasteiger partial charge >= 0.3 is 11.9 Å². The summed E-state index contributed by atoms with van der Waals surface area (Å²) in [5.41, 5.74) is 6.33. The molecule has 5 aromatic carbocycles. The van der Waals surface area contributed by atoms with Gasteiger partial charge in [0.2, 0.25) is 0 Å². The number of benzene rings is 5. The van der Waals surface area contributed by atoms with Crippen LogP contribution in [0.15, 0.2) is 140 Å². The van der Waals surface area contributed by atoms with Gasteiger partial charge in [-0.25, -0.2) is 4.79 Å². The second-order valence-electron chi connectivity index (χ2n) is 11.7. The molecule has 0 saturated carbocycles. The fraction of sp³-hybridized carbons (Fsp3) is 0.220. The number of hydrogen-bond acceptors (Lipinski definition) is 5. The van der Waals surface area contributed by atoms with Crippen LogP contribution >= 0.6 is 0 Å².